The van der Waals surface area contributed by atoms with Gasteiger partial charge in [0.25, 0.3) is 0 Å². The monoisotopic (exact) mass is 288 g/mol. The highest BCUT2D eigenvalue weighted by Gasteiger charge is 2.42. The Bertz CT molecular complexity index is 483. The van der Waals surface area contributed by atoms with E-state index in [0.717, 1.165) is 0 Å². The van der Waals surface area contributed by atoms with Crippen LogP contribution in [-0.2, 0) is 12.7 Å². The average molecular weight is 288 g/mol. The van der Waals surface area contributed by atoms with Crippen LogP contribution in [0.15, 0.2) is 6.20 Å². The minimum absolute atomic E-state index is 0.267. The lowest BCUT2D eigenvalue weighted by Crippen LogP contribution is -2.23. The molecule has 0 aliphatic heterocycles. The van der Waals surface area contributed by atoms with Crippen molar-refractivity contribution < 1.29 is 35.9 Å². The van der Waals surface area contributed by atoms with Gasteiger partial charge in [-0.2, -0.15) is 13.2 Å². The number of halogens is 6. The standard InChI is InChI=1S/C9H6F6N2O2/c10-8(11,12)6-4(1-16)2-17-5(3-18)7(6)19-9(13,14)15/h2-3H,1,16H2. The lowest BCUT2D eigenvalue weighted by molar-refractivity contribution is -0.276. The maximum atomic E-state index is 12.7. The van der Waals surface area contributed by atoms with Gasteiger partial charge in [0.2, 0.25) is 0 Å². The third kappa shape index (κ3) is 3.56. The fourth-order valence-electron chi connectivity index (χ4n) is 1.31. The van der Waals surface area contributed by atoms with Crippen molar-refractivity contribution in [3.05, 3.63) is 23.0 Å². The predicted molar refractivity (Wildman–Crippen MR) is 49.2 cm³/mol. The van der Waals surface area contributed by atoms with Crippen molar-refractivity contribution in [3.8, 4) is 5.75 Å². The number of carbonyl (C=O) groups is 1. The molecule has 0 unspecified atom stereocenters. The van der Waals surface area contributed by atoms with Crippen LogP contribution >= 0.6 is 0 Å². The first-order valence-corrected chi connectivity index (χ1v) is 4.60. The molecule has 0 radical (unpaired) electrons. The van der Waals surface area contributed by atoms with Crippen molar-refractivity contribution in [1.82, 2.24) is 4.98 Å². The fourth-order valence-corrected chi connectivity index (χ4v) is 1.31. The summed E-state index contributed by atoms with van der Waals surface area (Å²) in [5.74, 6) is -1.70. The van der Waals surface area contributed by atoms with E-state index < -0.39 is 41.7 Å². The number of alkyl halides is 6. The summed E-state index contributed by atoms with van der Waals surface area (Å²) in [5, 5.41) is 0. The molecule has 0 amide bonds. The highest BCUT2D eigenvalue weighted by atomic mass is 19.4. The zero-order chi connectivity index (χ0) is 14.8. The van der Waals surface area contributed by atoms with Crippen molar-refractivity contribution >= 4 is 6.29 Å². The number of aromatic nitrogens is 1. The largest absolute Gasteiger partial charge is 0.573 e. The molecule has 0 bridgehead atoms. The van der Waals surface area contributed by atoms with Crippen LogP contribution in [0.3, 0.4) is 0 Å². The van der Waals surface area contributed by atoms with Gasteiger partial charge in [-0.15, -0.1) is 13.2 Å². The van der Waals surface area contributed by atoms with Gasteiger partial charge in [-0.3, -0.25) is 4.79 Å². The first-order chi connectivity index (χ1) is 8.60. The van der Waals surface area contributed by atoms with Crippen molar-refractivity contribution in [1.29, 1.82) is 0 Å². The van der Waals surface area contributed by atoms with Crippen LogP contribution in [0.1, 0.15) is 21.6 Å². The molecule has 0 spiro atoms. The van der Waals surface area contributed by atoms with Crippen LogP contribution < -0.4 is 10.5 Å². The minimum atomic E-state index is -5.40. The Labute approximate surface area is 102 Å². The summed E-state index contributed by atoms with van der Waals surface area (Å²) in [4.78, 5) is 13.6. The molecule has 1 heterocycles. The molecule has 19 heavy (non-hydrogen) atoms. The molecule has 0 aliphatic rings. The molecule has 10 heteroatoms. The van der Waals surface area contributed by atoms with Gasteiger partial charge in [0.05, 0.1) is 0 Å². The Morgan fingerprint density at radius 3 is 2.21 bits per heavy atom. The second kappa shape index (κ2) is 5.03. The molecule has 106 valence electrons. The quantitative estimate of drug-likeness (QED) is 0.684. The van der Waals surface area contributed by atoms with E-state index >= 15 is 0 Å². The second-order valence-corrected chi connectivity index (χ2v) is 3.24. The van der Waals surface area contributed by atoms with E-state index in [-0.39, 0.29) is 6.29 Å². The number of hydrogen-bond donors (Lipinski definition) is 1. The van der Waals surface area contributed by atoms with Crippen LogP contribution in [-0.4, -0.2) is 17.6 Å². The summed E-state index contributed by atoms with van der Waals surface area (Å²) in [5.41, 5.74) is 1.43. The summed E-state index contributed by atoms with van der Waals surface area (Å²) in [6.45, 7) is -0.713. The van der Waals surface area contributed by atoms with E-state index in [9.17, 15) is 31.1 Å². The van der Waals surface area contributed by atoms with Crippen molar-refractivity contribution in [2.75, 3.05) is 0 Å². The van der Waals surface area contributed by atoms with E-state index in [4.69, 9.17) is 5.73 Å². The van der Waals surface area contributed by atoms with Gasteiger partial charge in [0, 0.05) is 18.3 Å². The highest BCUT2D eigenvalue weighted by Crippen LogP contribution is 2.41. The number of aldehydes is 1. The number of nitrogens with two attached hydrogens (primary N) is 1. The van der Waals surface area contributed by atoms with E-state index in [2.05, 4.69) is 9.72 Å². The summed E-state index contributed by atoms with van der Waals surface area (Å²) in [7, 11) is 0. The van der Waals surface area contributed by atoms with Gasteiger partial charge >= 0.3 is 12.5 Å². The number of rotatable bonds is 3. The van der Waals surface area contributed by atoms with Gasteiger partial charge in [0.1, 0.15) is 11.3 Å². The molecular formula is C9H6F6N2O2. The Morgan fingerprint density at radius 1 is 1.26 bits per heavy atom. The van der Waals surface area contributed by atoms with Gasteiger partial charge in [-0.1, -0.05) is 0 Å². The van der Waals surface area contributed by atoms with Crippen LogP contribution in [0.5, 0.6) is 5.75 Å². The molecule has 1 rings (SSSR count). The Kier molecular flexibility index (Phi) is 4.03. The number of ether oxygens (including phenoxy) is 1. The molecule has 4 nitrogen and oxygen atoms in total. The smallest absolute Gasteiger partial charge is 0.403 e. The molecule has 0 saturated heterocycles. The number of pyridine rings is 1. The maximum absolute atomic E-state index is 12.7. The summed E-state index contributed by atoms with van der Waals surface area (Å²) >= 11 is 0. The molecular weight excluding hydrogens is 282 g/mol. The van der Waals surface area contributed by atoms with Crippen LogP contribution in [0.2, 0.25) is 0 Å². The molecule has 0 aliphatic carbocycles. The molecule has 1 aromatic rings. The molecule has 0 saturated carbocycles. The maximum Gasteiger partial charge on any atom is 0.573 e. The number of hydrogen-bond acceptors (Lipinski definition) is 4. The summed E-state index contributed by atoms with van der Waals surface area (Å²) in [6, 6.07) is 0. The SMILES string of the molecule is NCc1cnc(C=O)c(OC(F)(F)F)c1C(F)(F)F. The van der Waals surface area contributed by atoms with E-state index in [1.54, 1.807) is 0 Å². The van der Waals surface area contributed by atoms with Crippen LogP contribution in [0, 0.1) is 0 Å². The Morgan fingerprint density at radius 2 is 1.84 bits per heavy atom. The molecule has 0 atom stereocenters. The normalized spacial score (nSPS) is 12.4. The molecule has 2 N–H and O–H groups in total. The van der Waals surface area contributed by atoms with Crippen molar-refractivity contribution in [3.63, 3.8) is 0 Å². The van der Waals surface area contributed by atoms with Gasteiger partial charge in [0.15, 0.2) is 12.0 Å². The van der Waals surface area contributed by atoms with E-state index in [0.29, 0.717) is 6.20 Å². The van der Waals surface area contributed by atoms with Crippen LogP contribution in [0.4, 0.5) is 26.3 Å². The number of carbonyl (C=O) groups excluding carboxylic acids is 1. The summed E-state index contributed by atoms with van der Waals surface area (Å²) in [6.07, 6.45) is -10.3. The first-order valence-electron chi connectivity index (χ1n) is 4.60. The van der Waals surface area contributed by atoms with Gasteiger partial charge in [-0.05, 0) is 0 Å². The third-order valence-electron chi connectivity index (χ3n) is 1.97. The molecule has 0 aromatic carbocycles. The molecule has 0 fully saturated rings. The highest BCUT2D eigenvalue weighted by molar-refractivity contribution is 5.77. The van der Waals surface area contributed by atoms with Gasteiger partial charge < -0.3 is 10.5 Å². The molecule has 1 aromatic heterocycles. The lowest BCUT2D eigenvalue weighted by Gasteiger charge is -2.18. The minimum Gasteiger partial charge on any atom is -0.403 e. The van der Waals surface area contributed by atoms with E-state index in [1.807, 2.05) is 0 Å². The second-order valence-electron chi connectivity index (χ2n) is 3.24. The zero-order valence-corrected chi connectivity index (χ0v) is 8.97. The van der Waals surface area contributed by atoms with E-state index in [1.165, 1.54) is 0 Å². The van der Waals surface area contributed by atoms with Gasteiger partial charge in [-0.25, -0.2) is 4.98 Å². The zero-order valence-electron chi connectivity index (χ0n) is 8.97. The van der Waals surface area contributed by atoms with Crippen molar-refractivity contribution in [2.24, 2.45) is 5.73 Å². The lowest BCUT2D eigenvalue weighted by atomic mass is 10.1. The predicted octanol–water partition coefficient (Wildman–Crippen LogP) is 2.27. The van der Waals surface area contributed by atoms with Crippen molar-refractivity contribution in [2.45, 2.75) is 19.1 Å². The Hall–Kier alpha value is -1.84. The average Bonchev–Trinajstić information content (AvgIpc) is 2.24. The third-order valence-corrected chi connectivity index (χ3v) is 1.97. The summed E-state index contributed by atoms with van der Waals surface area (Å²) < 4.78 is 77.8. The van der Waals surface area contributed by atoms with Crippen LogP contribution in [0.25, 0.3) is 0 Å². The number of nitrogens with zero attached hydrogens (tertiary/aromatic N) is 1. The first kappa shape index (κ1) is 15.2. The Balaban J connectivity index is 3.57. The fraction of sp³-hybridized carbons (Fsp3) is 0.333. The topological polar surface area (TPSA) is 65.2 Å².